The Morgan fingerprint density at radius 3 is 2.62 bits per heavy atom. The topological polar surface area (TPSA) is 23.8 Å². The molecule has 0 heterocycles. The average molecular weight is 113 g/mol. The van der Waals surface area contributed by atoms with E-state index in [0.29, 0.717) is 0 Å². The van der Waals surface area contributed by atoms with Crippen molar-refractivity contribution < 1.29 is 4.39 Å². The molecule has 0 saturated heterocycles. The second-order valence-corrected chi connectivity index (χ2v) is 1.38. The lowest BCUT2D eigenvalue weighted by atomic mass is 10.3. The van der Waals surface area contributed by atoms with Gasteiger partial charge in [-0.1, -0.05) is 13.0 Å². The van der Waals surface area contributed by atoms with Crippen LogP contribution in [0.1, 0.15) is 13.3 Å². The van der Waals surface area contributed by atoms with Gasteiger partial charge in [-0.15, -0.1) is 0 Å². The second-order valence-electron chi connectivity index (χ2n) is 1.38. The Morgan fingerprint density at radius 2 is 2.50 bits per heavy atom. The highest BCUT2D eigenvalue weighted by atomic mass is 19.1. The van der Waals surface area contributed by atoms with Crippen molar-refractivity contribution in [2.75, 3.05) is 6.67 Å². The van der Waals surface area contributed by atoms with E-state index in [2.05, 4.69) is 0 Å². The Labute approximate surface area is 48.4 Å². The molecule has 2 heteroatoms. The van der Waals surface area contributed by atoms with Crippen LogP contribution in [-0.4, -0.2) is 6.67 Å². The summed E-state index contributed by atoms with van der Waals surface area (Å²) >= 11 is 0. The maximum atomic E-state index is 11.6. The minimum absolute atomic E-state index is 0.229. The summed E-state index contributed by atoms with van der Waals surface area (Å²) < 4.78 is 11.6. The molecule has 0 saturated carbocycles. The molecule has 0 aliphatic heterocycles. The van der Waals surface area contributed by atoms with Crippen molar-refractivity contribution in [1.82, 2.24) is 0 Å². The summed E-state index contributed by atoms with van der Waals surface area (Å²) in [6, 6.07) is 1.74. The molecule has 0 atom stereocenters. The van der Waals surface area contributed by atoms with Crippen LogP contribution in [0, 0.1) is 11.3 Å². The van der Waals surface area contributed by atoms with E-state index in [9.17, 15) is 4.39 Å². The van der Waals surface area contributed by atoms with E-state index in [0.717, 1.165) is 6.42 Å². The quantitative estimate of drug-likeness (QED) is 0.501. The monoisotopic (exact) mass is 113 g/mol. The molecule has 0 aliphatic rings. The van der Waals surface area contributed by atoms with Crippen molar-refractivity contribution >= 4 is 0 Å². The van der Waals surface area contributed by atoms with Gasteiger partial charge >= 0.3 is 0 Å². The van der Waals surface area contributed by atoms with Gasteiger partial charge in [0.1, 0.15) is 6.67 Å². The van der Waals surface area contributed by atoms with Crippen LogP contribution >= 0.6 is 0 Å². The molecule has 1 nitrogen and oxygen atoms in total. The Hall–Kier alpha value is -0.840. The molecule has 8 heavy (non-hydrogen) atoms. The highest BCUT2D eigenvalue weighted by Crippen LogP contribution is 1.93. The van der Waals surface area contributed by atoms with Crippen molar-refractivity contribution in [1.29, 1.82) is 5.26 Å². The highest BCUT2D eigenvalue weighted by molar-refractivity contribution is 5.20. The number of halogens is 1. The summed E-state index contributed by atoms with van der Waals surface area (Å²) in [7, 11) is 0. The van der Waals surface area contributed by atoms with Gasteiger partial charge in [-0.2, -0.15) is 5.26 Å². The molecule has 0 N–H and O–H groups in total. The van der Waals surface area contributed by atoms with Crippen molar-refractivity contribution in [3.8, 4) is 6.07 Å². The van der Waals surface area contributed by atoms with Gasteiger partial charge in [0.05, 0.1) is 11.6 Å². The van der Waals surface area contributed by atoms with E-state index in [1.165, 1.54) is 0 Å². The predicted octanol–water partition coefficient (Wildman–Crippen LogP) is 1.82. The fraction of sp³-hybridized carbons (Fsp3) is 0.500. The summed E-state index contributed by atoms with van der Waals surface area (Å²) in [5, 5.41) is 8.10. The van der Waals surface area contributed by atoms with Gasteiger partial charge < -0.3 is 0 Å². The number of hydrogen-bond donors (Lipinski definition) is 0. The third kappa shape index (κ3) is 2.35. The zero-order valence-electron chi connectivity index (χ0n) is 4.82. The van der Waals surface area contributed by atoms with Gasteiger partial charge in [-0.05, 0) is 6.42 Å². The van der Waals surface area contributed by atoms with Gasteiger partial charge in [0.2, 0.25) is 0 Å². The van der Waals surface area contributed by atoms with Gasteiger partial charge in [-0.25, -0.2) is 4.39 Å². The van der Waals surface area contributed by atoms with E-state index >= 15 is 0 Å². The lowest BCUT2D eigenvalue weighted by Crippen LogP contribution is -1.78. The fourth-order valence-electron chi connectivity index (χ4n) is 0.376. The molecule has 0 radical (unpaired) electrons. The predicted molar refractivity (Wildman–Crippen MR) is 30.0 cm³/mol. The van der Waals surface area contributed by atoms with Gasteiger partial charge in [0.25, 0.3) is 0 Å². The van der Waals surface area contributed by atoms with E-state index < -0.39 is 6.67 Å². The summed E-state index contributed by atoms with van der Waals surface area (Å²) in [6.07, 6.45) is 2.31. The van der Waals surface area contributed by atoms with Crippen LogP contribution in [-0.2, 0) is 0 Å². The van der Waals surface area contributed by atoms with E-state index in [1.54, 1.807) is 12.1 Å². The van der Waals surface area contributed by atoms with Gasteiger partial charge in [0, 0.05) is 0 Å². The summed E-state index contributed by atoms with van der Waals surface area (Å²) in [5.41, 5.74) is 0.229. The summed E-state index contributed by atoms with van der Waals surface area (Å²) in [5.74, 6) is 0. The average Bonchev–Trinajstić information content (AvgIpc) is 1.83. The molecular weight excluding hydrogens is 105 g/mol. The van der Waals surface area contributed by atoms with E-state index in [-0.39, 0.29) is 5.57 Å². The minimum Gasteiger partial charge on any atom is -0.245 e. The lowest BCUT2D eigenvalue weighted by molar-refractivity contribution is 0.550. The Kier molecular flexibility index (Phi) is 3.87. The van der Waals surface area contributed by atoms with Crippen molar-refractivity contribution in [3.05, 3.63) is 11.6 Å². The standard InChI is InChI=1S/C6H8FN/c1-2-3-6(4-7)5-8/h3H,2,4H2,1H3. The number of nitriles is 1. The van der Waals surface area contributed by atoms with Crippen LogP contribution in [0.2, 0.25) is 0 Å². The third-order valence-corrected chi connectivity index (χ3v) is 0.738. The Morgan fingerprint density at radius 1 is 1.88 bits per heavy atom. The molecule has 0 unspecified atom stereocenters. The van der Waals surface area contributed by atoms with Crippen LogP contribution < -0.4 is 0 Å². The van der Waals surface area contributed by atoms with E-state index in [4.69, 9.17) is 5.26 Å². The number of hydrogen-bond acceptors (Lipinski definition) is 1. The van der Waals surface area contributed by atoms with Crippen molar-refractivity contribution in [2.45, 2.75) is 13.3 Å². The zero-order valence-corrected chi connectivity index (χ0v) is 4.82. The smallest absolute Gasteiger partial charge is 0.124 e. The number of rotatable bonds is 2. The first-order chi connectivity index (χ1) is 3.85. The Bertz CT molecular complexity index is 121. The molecule has 0 aromatic heterocycles. The molecule has 0 aromatic carbocycles. The molecule has 0 aliphatic carbocycles. The van der Waals surface area contributed by atoms with E-state index in [1.807, 2.05) is 6.92 Å². The Balaban J connectivity index is 3.72. The van der Waals surface area contributed by atoms with Crippen molar-refractivity contribution in [2.24, 2.45) is 0 Å². The minimum atomic E-state index is -0.635. The van der Waals surface area contributed by atoms with Crippen LogP contribution in [0.5, 0.6) is 0 Å². The third-order valence-electron chi connectivity index (χ3n) is 0.738. The molecular formula is C6H8FN. The number of allylic oxidation sites excluding steroid dienone is 2. The molecule has 0 rings (SSSR count). The SMILES string of the molecule is CCC=C(C#N)CF. The molecule has 0 spiro atoms. The first-order valence-corrected chi connectivity index (χ1v) is 2.50. The summed E-state index contributed by atoms with van der Waals surface area (Å²) in [6.45, 7) is 1.23. The molecule has 44 valence electrons. The highest BCUT2D eigenvalue weighted by Gasteiger charge is 1.87. The van der Waals surface area contributed by atoms with Crippen molar-refractivity contribution in [3.63, 3.8) is 0 Å². The molecule has 0 aromatic rings. The summed E-state index contributed by atoms with van der Waals surface area (Å²) in [4.78, 5) is 0. The molecule has 0 bridgehead atoms. The zero-order chi connectivity index (χ0) is 6.41. The number of alkyl halides is 1. The normalized spacial score (nSPS) is 10.9. The van der Waals surface area contributed by atoms with Gasteiger partial charge in [0.15, 0.2) is 0 Å². The second kappa shape index (κ2) is 4.32. The fourth-order valence-corrected chi connectivity index (χ4v) is 0.376. The lowest BCUT2D eigenvalue weighted by Gasteiger charge is -1.82. The largest absolute Gasteiger partial charge is 0.245 e. The maximum Gasteiger partial charge on any atom is 0.124 e. The van der Waals surface area contributed by atoms with Crippen LogP contribution in [0.15, 0.2) is 11.6 Å². The number of nitrogens with zero attached hydrogens (tertiary/aromatic N) is 1. The maximum absolute atomic E-state index is 11.6. The molecule has 0 amide bonds. The molecule has 0 fully saturated rings. The van der Waals surface area contributed by atoms with Crippen LogP contribution in [0.3, 0.4) is 0 Å². The first kappa shape index (κ1) is 7.16. The first-order valence-electron chi connectivity index (χ1n) is 2.50. The van der Waals surface area contributed by atoms with Crippen LogP contribution in [0.25, 0.3) is 0 Å². The van der Waals surface area contributed by atoms with Gasteiger partial charge in [-0.3, -0.25) is 0 Å². The van der Waals surface area contributed by atoms with Crippen LogP contribution in [0.4, 0.5) is 4.39 Å².